The highest BCUT2D eigenvalue weighted by Crippen LogP contribution is 2.18. The van der Waals surface area contributed by atoms with Crippen LogP contribution in [0.1, 0.15) is 26.7 Å². The average molecular weight is 244 g/mol. The Bertz CT molecular complexity index is 293. The van der Waals surface area contributed by atoms with Gasteiger partial charge in [-0.3, -0.25) is 4.79 Å². The fourth-order valence-corrected chi connectivity index (χ4v) is 1.93. The van der Waals surface area contributed by atoms with Crippen molar-refractivity contribution in [2.45, 2.75) is 44.9 Å². The third-order valence-corrected chi connectivity index (χ3v) is 2.78. The first-order valence-corrected chi connectivity index (χ1v) is 5.85. The summed E-state index contributed by atoms with van der Waals surface area (Å²) < 4.78 is 0. The zero-order valence-electron chi connectivity index (χ0n) is 10.2. The Labute approximate surface area is 101 Å². The molecule has 0 aliphatic carbocycles. The molecule has 1 rings (SSSR count). The van der Waals surface area contributed by atoms with Crippen LogP contribution < -0.4 is 5.32 Å². The number of aliphatic hydroxyl groups excluding tert-OH is 1. The molecule has 98 valence electrons. The van der Waals surface area contributed by atoms with Crippen LogP contribution in [0.3, 0.4) is 0 Å². The van der Waals surface area contributed by atoms with E-state index in [-0.39, 0.29) is 25.3 Å². The molecule has 0 aromatic carbocycles. The number of carboxylic acid groups (broad SMARTS) is 1. The number of hydrogen-bond donors (Lipinski definition) is 3. The van der Waals surface area contributed by atoms with Gasteiger partial charge in [-0.15, -0.1) is 0 Å². The number of amides is 1. The summed E-state index contributed by atoms with van der Waals surface area (Å²) in [4.78, 5) is 24.0. The Morgan fingerprint density at radius 3 is 2.65 bits per heavy atom. The molecule has 0 aromatic rings. The van der Waals surface area contributed by atoms with E-state index in [0.717, 1.165) is 0 Å². The van der Waals surface area contributed by atoms with Crippen LogP contribution in [0.2, 0.25) is 0 Å². The van der Waals surface area contributed by atoms with Gasteiger partial charge in [-0.1, -0.05) is 13.8 Å². The van der Waals surface area contributed by atoms with Gasteiger partial charge in [0.05, 0.1) is 6.10 Å². The molecule has 0 aromatic heterocycles. The fourth-order valence-electron chi connectivity index (χ4n) is 1.93. The predicted octanol–water partition coefficient (Wildman–Crippen LogP) is -0.579. The third-order valence-electron chi connectivity index (χ3n) is 2.78. The molecule has 1 aliphatic rings. The molecular weight excluding hydrogens is 224 g/mol. The van der Waals surface area contributed by atoms with E-state index in [1.807, 2.05) is 13.8 Å². The molecule has 2 atom stereocenters. The molecule has 0 bridgehead atoms. The van der Waals surface area contributed by atoms with E-state index >= 15 is 0 Å². The molecule has 1 saturated heterocycles. The molecule has 3 N–H and O–H groups in total. The molecule has 17 heavy (non-hydrogen) atoms. The van der Waals surface area contributed by atoms with E-state index in [1.54, 1.807) is 0 Å². The second kappa shape index (κ2) is 5.97. The van der Waals surface area contributed by atoms with E-state index < -0.39 is 18.1 Å². The summed E-state index contributed by atoms with van der Waals surface area (Å²) >= 11 is 0. The lowest BCUT2D eigenvalue weighted by molar-refractivity contribution is -0.148. The topological polar surface area (TPSA) is 89.9 Å². The third kappa shape index (κ3) is 3.98. The smallest absolute Gasteiger partial charge is 0.326 e. The number of carbonyl (C=O) groups is 2. The normalized spacial score (nSPS) is 24.4. The Balaban J connectivity index is 2.47. The van der Waals surface area contributed by atoms with Crippen molar-refractivity contribution in [2.24, 2.45) is 0 Å². The van der Waals surface area contributed by atoms with E-state index in [4.69, 9.17) is 5.11 Å². The van der Waals surface area contributed by atoms with Crippen molar-refractivity contribution < 1.29 is 19.8 Å². The molecule has 1 aliphatic heterocycles. The van der Waals surface area contributed by atoms with Crippen molar-refractivity contribution in [3.05, 3.63) is 0 Å². The minimum atomic E-state index is -1.05. The monoisotopic (exact) mass is 244 g/mol. The van der Waals surface area contributed by atoms with Crippen molar-refractivity contribution in [3.63, 3.8) is 0 Å². The Hall–Kier alpha value is -1.14. The molecule has 6 nitrogen and oxygen atoms in total. The highest BCUT2D eigenvalue weighted by molar-refractivity contribution is 5.84. The molecule has 0 radical (unpaired) electrons. The SMILES string of the molecule is CC(C)NCCC(=O)N1C[C@H](O)C[C@H]1C(=O)O. The predicted molar refractivity (Wildman–Crippen MR) is 61.5 cm³/mol. The molecule has 0 saturated carbocycles. The zero-order valence-corrected chi connectivity index (χ0v) is 10.2. The van der Waals surface area contributed by atoms with Crippen LogP contribution >= 0.6 is 0 Å². The highest BCUT2D eigenvalue weighted by atomic mass is 16.4. The van der Waals surface area contributed by atoms with Crippen molar-refractivity contribution in [3.8, 4) is 0 Å². The maximum absolute atomic E-state index is 11.8. The number of nitrogens with one attached hydrogen (secondary N) is 1. The summed E-state index contributed by atoms with van der Waals surface area (Å²) in [7, 11) is 0. The van der Waals surface area contributed by atoms with Crippen LogP contribution in [0.25, 0.3) is 0 Å². The van der Waals surface area contributed by atoms with Crippen molar-refractivity contribution >= 4 is 11.9 Å². The summed E-state index contributed by atoms with van der Waals surface area (Å²) in [5.41, 5.74) is 0. The van der Waals surface area contributed by atoms with E-state index in [2.05, 4.69) is 5.32 Å². The zero-order chi connectivity index (χ0) is 13.0. The lowest BCUT2D eigenvalue weighted by Gasteiger charge is -2.21. The minimum absolute atomic E-state index is 0.122. The highest BCUT2D eigenvalue weighted by Gasteiger charge is 2.38. The van der Waals surface area contributed by atoms with Crippen LogP contribution in [0.15, 0.2) is 0 Å². The lowest BCUT2D eigenvalue weighted by atomic mass is 10.2. The van der Waals surface area contributed by atoms with Gasteiger partial charge in [0, 0.05) is 32.0 Å². The van der Waals surface area contributed by atoms with Gasteiger partial charge in [0.15, 0.2) is 0 Å². The quantitative estimate of drug-likeness (QED) is 0.602. The standard InChI is InChI=1S/C11H20N2O4/c1-7(2)12-4-3-10(15)13-6-8(14)5-9(13)11(16)17/h7-9,12,14H,3-6H2,1-2H3,(H,16,17)/t8-,9+/m1/s1. The van der Waals surface area contributed by atoms with Gasteiger partial charge in [0.25, 0.3) is 0 Å². The van der Waals surface area contributed by atoms with Crippen LogP contribution in [0, 0.1) is 0 Å². The van der Waals surface area contributed by atoms with Gasteiger partial charge in [0.2, 0.25) is 5.91 Å². The van der Waals surface area contributed by atoms with Crippen molar-refractivity contribution in [1.29, 1.82) is 0 Å². The first-order valence-electron chi connectivity index (χ1n) is 5.85. The molecular formula is C11H20N2O4. The molecule has 6 heteroatoms. The second-order valence-electron chi connectivity index (χ2n) is 4.65. The average Bonchev–Trinajstić information content (AvgIpc) is 2.59. The van der Waals surface area contributed by atoms with Crippen LogP contribution in [0.5, 0.6) is 0 Å². The number of β-amino-alcohol motifs (C(OH)–C–C–N with tert-alkyl or cyclic N) is 1. The number of aliphatic hydroxyl groups is 1. The number of carbonyl (C=O) groups excluding carboxylic acids is 1. The maximum Gasteiger partial charge on any atom is 0.326 e. The summed E-state index contributed by atoms with van der Waals surface area (Å²) in [6.07, 6.45) is -0.342. The lowest BCUT2D eigenvalue weighted by Crippen LogP contribution is -2.41. The molecule has 0 unspecified atom stereocenters. The van der Waals surface area contributed by atoms with Gasteiger partial charge in [-0.25, -0.2) is 4.79 Å². The first kappa shape index (κ1) is 13.9. The molecule has 1 heterocycles. The molecule has 1 amide bonds. The van der Waals surface area contributed by atoms with E-state index in [9.17, 15) is 14.7 Å². The largest absolute Gasteiger partial charge is 0.480 e. The van der Waals surface area contributed by atoms with Crippen molar-refractivity contribution in [1.82, 2.24) is 10.2 Å². The number of nitrogens with zero attached hydrogens (tertiary/aromatic N) is 1. The summed E-state index contributed by atoms with van der Waals surface area (Å²) in [6, 6.07) is -0.584. The summed E-state index contributed by atoms with van der Waals surface area (Å²) in [5, 5.41) is 21.4. The Morgan fingerprint density at radius 2 is 2.12 bits per heavy atom. The number of aliphatic carboxylic acids is 1. The summed E-state index contributed by atoms with van der Waals surface area (Å²) in [6.45, 7) is 4.60. The fraction of sp³-hybridized carbons (Fsp3) is 0.818. The van der Waals surface area contributed by atoms with Gasteiger partial charge in [0.1, 0.15) is 6.04 Å². The maximum atomic E-state index is 11.8. The van der Waals surface area contributed by atoms with E-state index in [1.165, 1.54) is 4.90 Å². The minimum Gasteiger partial charge on any atom is -0.480 e. The number of carboxylic acids is 1. The molecule has 0 spiro atoms. The van der Waals surface area contributed by atoms with Gasteiger partial charge < -0.3 is 20.4 Å². The molecule has 1 fully saturated rings. The van der Waals surface area contributed by atoms with Gasteiger partial charge >= 0.3 is 5.97 Å². The Kier molecular flexibility index (Phi) is 4.89. The van der Waals surface area contributed by atoms with Gasteiger partial charge in [-0.2, -0.15) is 0 Å². The Morgan fingerprint density at radius 1 is 1.47 bits per heavy atom. The summed E-state index contributed by atoms with van der Waals surface area (Å²) in [5.74, 6) is -1.27. The van der Waals surface area contributed by atoms with Crippen molar-refractivity contribution in [2.75, 3.05) is 13.1 Å². The van der Waals surface area contributed by atoms with E-state index in [0.29, 0.717) is 12.6 Å². The number of hydrogen-bond acceptors (Lipinski definition) is 4. The van der Waals surface area contributed by atoms with Crippen LogP contribution in [0.4, 0.5) is 0 Å². The second-order valence-corrected chi connectivity index (χ2v) is 4.65. The number of rotatable bonds is 5. The van der Waals surface area contributed by atoms with Gasteiger partial charge in [-0.05, 0) is 0 Å². The first-order chi connectivity index (χ1) is 7.91. The number of likely N-dealkylation sites (tertiary alicyclic amines) is 1. The van der Waals surface area contributed by atoms with Crippen LogP contribution in [-0.2, 0) is 9.59 Å². The van der Waals surface area contributed by atoms with Crippen LogP contribution in [-0.4, -0.2) is 58.3 Å².